The fraction of sp³-hybridized carbons (Fsp3) is 0.200. The van der Waals surface area contributed by atoms with Gasteiger partial charge in [-0.3, -0.25) is 0 Å². The maximum atomic E-state index is 10.9. The Balaban J connectivity index is 2.12. The van der Waals surface area contributed by atoms with Gasteiger partial charge in [0, 0.05) is 30.7 Å². The Morgan fingerprint density at radius 1 is 1.62 bits per heavy atom. The number of hydrogen-bond acceptors (Lipinski definition) is 3. The molecule has 0 saturated heterocycles. The van der Waals surface area contributed by atoms with E-state index in [2.05, 4.69) is 4.98 Å². The fourth-order valence-corrected chi connectivity index (χ4v) is 2.26. The predicted molar refractivity (Wildman–Crippen MR) is 62.2 cm³/mol. The van der Waals surface area contributed by atoms with Crippen molar-refractivity contribution in [2.45, 2.75) is 13.0 Å². The molecule has 0 saturated carbocycles. The number of thiazole rings is 1. The first kappa shape index (κ1) is 11.2. The Kier molecular flexibility index (Phi) is 3.26. The van der Waals surface area contributed by atoms with E-state index in [9.17, 15) is 4.79 Å². The van der Waals surface area contributed by atoms with Gasteiger partial charge in [0.25, 0.3) is 0 Å². The van der Waals surface area contributed by atoms with Gasteiger partial charge < -0.3 is 9.67 Å². The molecule has 1 N–H and O–H groups in total. The molecule has 0 bridgehead atoms. The second kappa shape index (κ2) is 4.67. The second-order valence-electron chi connectivity index (χ2n) is 3.22. The molecule has 16 heavy (non-hydrogen) atoms. The van der Waals surface area contributed by atoms with Crippen LogP contribution in [0.3, 0.4) is 0 Å². The summed E-state index contributed by atoms with van der Waals surface area (Å²) in [6, 6.07) is 1.45. The van der Waals surface area contributed by atoms with E-state index in [1.54, 1.807) is 28.3 Å². The van der Waals surface area contributed by atoms with Gasteiger partial charge in [0.05, 0.1) is 10.0 Å². The minimum absolute atomic E-state index is 0.210. The lowest BCUT2D eigenvalue weighted by Gasteiger charge is -2.03. The topological polar surface area (TPSA) is 55.1 Å². The van der Waals surface area contributed by atoms with Crippen molar-refractivity contribution in [1.29, 1.82) is 0 Å². The molecule has 0 aliphatic carbocycles. The summed E-state index contributed by atoms with van der Waals surface area (Å²) in [4.78, 5) is 15.0. The molecule has 2 aromatic heterocycles. The minimum atomic E-state index is -0.967. The zero-order valence-electron chi connectivity index (χ0n) is 8.26. The summed E-state index contributed by atoms with van der Waals surface area (Å²) in [5.74, 6) is -0.967. The summed E-state index contributed by atoms with van der Waals surface area (Å²) < 4.78 is 1.63. The number of aryl methyl sites for hydroxylation is 2. The molecule has 0 aliphatic rings. The minimum Gasteiger partial charge on any atom is -0.477 e. The molecule has 0 unspecified atom stereocenters. The Hall–Kier alpha value is -1.33. The summed E-state index contributed by atoms with van der Waals surface area (Å²) in [6.45, 7) is 0.571. The van der Waals surface area contributed by atoms with Gasteiger partial charge in [0.2, 0.25) is 0 Å². The van der Waals surface area contributed by atoms with Crippen LogP contribution in [0.2, 0.25) is 5.02 Å². The molecular formula is C10H9ClN2O2S. The highest BCUT2D eigenvalue weighted by molar-refractivity contribution is 7.09. The van der Waals surface area contributed by atoms with Crippen LogP contribution in [0.4, 0.5) is 0 Å². The number of aromatic carboxylic acids is 1. The van der Waals surface area contributed by atoms with E-state index in [-0.39, 0.29) is 5.69 Å². The number of carbonyl (C=O) groups is 1. The number of nitrogens with zero attached hydrogens (tertiary/aromatic N) is 2. The van der Waals surface area contributed by atoms with Crippen LogP contribution in [0.1, 0.15) is 15.5 Å². The van der Waals surface area contributed by atoms with Crippen LogP contribution in [0.25, 0.3) is 0 Å². The third-order valence-electron chi connectivity index (χ3n) is 2.13. The highest BCUT2D eigenvalue weighted by Crippen LogP contribution is 2.15. The van der Waals surface area contributed by atoms with Crippen molar-refractivity contribution in [2.75, 3.05) is 0 Å². The second-order valence-corrected chi connectivity index (χ2v) is 4.63. The molecule has 0 atom stereocenters. The van der Waals surface area contributed by atoms with Crippen molar-refractivity contribution in [1.82, 2.24) is 9.55 Å². The van der Waals surface area contributed by atoms with Crippen molar-refractivity contribution < 1.29 is 9.90 Å². The lowest BCUT2D eigenvalue weighted by atomic mass is 10.4. The van der Waals surface area contributed by atoms with Gasteiger partial charge in [-0.05, 0) is 6.07 Å². The Labute approximate surface area is 101 Å². The maximum Gasteiger partial charge on any atom is 0.352 e. The first-order valence-electron chi connectivity index (χ1n) is 4.64. The van der Waals surface area contributed by atoms with Crippen molar-refractivity contribution in [2.24, 2.45) is 0 Å². The van der Waals surface area contributed by atoms with Crippen molar-refractivity contribution in [3.63, 3.8) is 0 Å². The van der Waals surface area contributed by atoms with Gasteiger partial charge >= 0.3 is 5.97 Å². The molecule has 0 spiro atoms. The van der Waals surface area contributed by atoms with Crippen LogP contribution in [-0.4, -0.2) is 20.6 Å². The molecular weight excluding hydrogens is 248 g/mol. The van der Waals surface area contributed by atoms with Crippen LogP contribution in [0.15, 0.2) is 23.8 Å². The zero-order chi connectivity index (χ0) is 11.5. The quantitative estimate of drug-likeness (QED) is 0.915. The van der Waals surface area contributed by atoms with Gasteiger partial charge in [0.1, 0.15) is 5.69 Å². The smallest absolute Gasteiger partial charge is 0.352 e. The van der Waals surface area contributed by atoms with E-state index in [4.69, 9.17) is 16.7 Å². The monoisotopic (exact) mass is 256 g/mol. The molecule has 0 aliphatic heterocycles. The van der Waals surface area contributed by atoms with Crippen molar-refractivity contribution in [3.05, 3.63) is 39.6 Å². The van der Waals surface area contributed by atoms with E-state index < -0.39 is 5.97 Å². The van der Waals surface area contributed by atoms with E-state index in [1.165, 1.54) is 6.07 Å². The number of carboxylic acids is 1. The van der Waals surface area contributed by atoms with E-state index in [0.29, 0.717) is 18.0 Å². The first-order valence-corrected chi connectivity index (χ1v) is 5.90. The summed E-state index contributed by atoms with van der Waals surface area (Å²) >= 11 is 7.33. The number of carboxylic acid groups (broad SMARTS) is 1. The van der Waals surface area contributed by atoms with E-state index >= 15 is 0 Å². The molecule has 84 valence electrons. The molecule has 0 radical (unpaired) electrons. The third-order valence-corrected chi connectivity index (χ3v) is 3.18. The predicted octanol–water partition coefficient (Wildman–Crippen LogP) is 2.54. The van der Waals surface area contributed by atoms with Crippen LogP contribution >= 0.6 is 22.9 Å². The van der Waals surface area contributed by atoms with Crippen LogP contribution in [0, 0.1) is 0 Å². The molecule has 2 rings (SSSR count). The van der Waals surface area contributed by atoms with Crippen LogP contribution < -0.4 is 0 Å². The number of rotatable bonds is 4. The fourth-order valence-electron chi connectivity index (χ4n) is 1.43. The summed E-state index contributed by atoms with van der Waals surface area (Å²) in [5.41, 5.74) is 0.210. The maximum absolute atomic E-state index is 10.9. The van der Waals surface area contributed by atoms with Gasteiger partial charge in [-0.1, -0.05) is 11.6 Å². The Morgan fingerprint density at radius 3 is 3.06 bits per heavy atom. The van der Waals surface area contributed by atoms with Gasteiger partial charge in [0.15, 0.2) is 0 Å². The van der Waals surface area contributed by atoms with Gasteiger partial charge in [-0.15, -0.1) is 11.3 Å². The molecule has 2 aromatic rings. The highest BCUT2D eigenvalue weighted by Gasteiger charge is 2.11. The molecule has 0 amide bonds. The average Bonchev–Trinajstić information content (AvgIpc) is 2.83. The number of halogens is 1. The SMILES string of the molecule is O=C(O)c1cc(Cl)cn1CCc1nccs1. The molecule has 0 fully saturated rings. The average molecular weight is 257 g/mol. The summed E-state index contributed by atoms with van der Waals surface area (Å²) in [7, 11) is 0. The molecule has 6 heteroatoms. The third kappa shape index (κ3) is 2.43. The molecule has 0 aromatic carbocycles. The summed E-state index contributed by atoms with van der Waals surface area (Å²) in [5, 5.41) is 12.3. The van der Waals surface area contributed by atoms with E-state index in [0.717, 1.165) is 5.01 Å². The van der Waals surface area contributed by atoms with Crippen LogP contribution in [-0.2, 0) is 13.0 Å². The van der Waals surface area contributed by atoms with E-state index in [1.807, 2.05) is 5.38 Å². The Bertz CT molecular complexity index is 493. The first-order chi connectivity index (χ1) is 7.66. The van der Waals surface area contributed by atoms with Crippen molar-refractivity contribution in [3.8, 4) is 0 Å². The molecule has 4 nitrogen and oxygen atoms in total. The lowest BCUT2D eigenvalue weighted by Crippen LogP contribution is -2.09. The number of aromatic nitrogens is 2. The number of hydrogen-bond donors (Lipinski definition) is 1. The normalized spacial score (nSPS) is 10.6. The zero-order valence-corrected chi connectivity index (χ0v) is 9.83. The lowest BCUT2D eigenvalue weighted by molar-refractivity contribution is 0.0685. The van der Waals surface area contributed by atoms with Gasteiger partial charge in [-0.2, -0.15) is 0 Å². The highest BCUT2D eigenvalue weighted by atomic mass is 35.5. The molecule has 2 heterocycles. The largest absolute Gasteiger partial charge is 0.477 e. The standard InChI is InChI=1S/C10H9ClN2O2S/c11-7-5-8(10(14)15)13(6-7)3-1-9-12-2-4-16-9/h2,4-6H,1,3H2,(H,14,15). The van der Waals surface area contributed by atoms with Gasteiger partial charge in [-0.25, -0.2) is 9.78 Å². The van der Waals surface area contributed by atoms with Crippen LogP contribution in [0.5, 0.6) is 0 Å². The summed E-state index contributed by atoms with van der Waals surface area (Å²) in [6.07, 6.45) is 4.07. The van der Waals surface area contributed by atoms with Crippen molar-refractivity contribution >= 4 is 28.9 Å². The Morgan fingerprint density at radius 2 is 2.44 bits per heavy atom.